The number of aliphatic hydroxyl groups is 2. The highest BCUT2D eigenvalue weighted by Crippen LogP contribution is 2.26. The topological polar surface area (TPSA) is 103 Å². The Morgan fingerprint density at radius 3 is 2.54 bits per heavy atom. The monoisotopic (exact) mass is 352 g/mol. The van der Waals surface area contributed by atoms with Gasteiger partial charge in [0, 0.05) is 23.2 Å². The summed E-state index contributed by atoms with van der Waals surface area (Å²) in [4.78, 5) is 16.2. The molecule has 1 heterocycles. The molecule has 0 aliphatic rings. The van der Waals surface area contributed by atoms with E-state index in [-0.39, 0.29) is 18.7 Å². The lowest BCUT2D eigenvalue weighted by atomic mass is 10.0. The number of pyridine rings is 1. The van der Waals surface area contributed by atoms with E-state index in [0.29, 0.717) is 16.6 Å². The summed E-state index contributed by atoms with van der Waals surface area (Å²) in [5.74, 6) is -0.986. The molecule has 0 aliphatic heterocycles. The molecule has 0 spiro atoms. The van der Waals surface area contributed by atoms with Crippen LogP contribution in [0, 0.1) is 6.92 Å². The lowest BCUT2D eigenvalue weighted by molar-refractivity contribution is 0.0699. The molecule has 0 fully saturated rings. The maximum absolute atomic E-state index is 11.7. The fraction of sp³-hybridized carbons (Fsp3) is 0.200. The van der Waals surface area contributed by atoms with Crippen LogP contribution in [0.3, 0.4) is 0 Å². The molecule has 0 radical (unpaired) electrons. The predicted molar refractivity (Wildman–Crippen MR) is 100 cm³/mol. The van der Waals surface area contributed by atoms with Crippen LogP contribution in [0.15, 0.2) is 48.5 Å². The molecular formula is C20H20N2O4. The van der Waals surface area contributed by atoms with Gasteiger partial charge >= 0.3 is 5.97 Å². The van der Waals surface area contributed by atoms with E-state index in [2.05, 4.69) is 10.3 Å². The average molecular weight is 352 g/mol. The third-order valence-electron chi connectivity index (χ3n) is 4.13. The molecule has 1 aromatic heterocycles. The van der Waals surface area contributed by atoms with Crippen molar-refractivity contribution < 1.29 is 20.1 Å². The van der Waals surface area contributed by atoms with E-state index >= 15 is 0 Å². The fourth-order valence-corrected chi connectivity index (χ4v) is 2.72. The maximum atomic E-state index is 11.7. The van der Waals surface area contributed by atoms with Gasteiger partial charge in [0.1, 0.15) is 0 Å². The standard InChI is InChI=1S/C20H20N2O4/c1-12-2-7-18-16(8-12)17(20(25)26)9-19(22-18)13-3-5-14(6-4-13)21-10-15(24)11-23/h2-9,15,21,23-24H,10-11H2,1H3,(H,25,26). The molecule has 3 rings (SSSR count). The van der Waals surface area contributed by atoms with E-state index < -0.39 is 12.1 Å². The quantitative estimate of drug-likeness (QED) is 0.544. The second-order valence-corrected chi connectivity index (χ2v) is 6.18. The van der Waals surface area contributed by atoms with E-state index in [1.165, 1.54) is 0 Å². The number of carbonyl (C=O) groups is 1. The van der Waals surface area contributed by atoms with E-state index in [4.69, 9.17) is 5.11 Å². The number of aromatic carboxylic acids is 1. The van der Waals surface area contributed by atoms with Gasteiger partial charge in [0.25, 0.3) is 0 Å². The number of hydrogen-bond donors (Lipinski definition) is 4. The first-order valence-corrected chi connectivity index (χ1v) is 8.26. The molecule has 26 heavy (non-hydrogen) atoms. The van der Waals surface area contributed by atoms with E-state index in [9.17, 15) is 15.0 Å². The lowest BCUT2D eigenvalue weighted by Gasteiger charge is -2.11. The second-order valence-electron chi connectivity index (χ2n) is 6.18. The molecule has 4 N–H and O–H groups in total. The first-order chi connectivity index (χ1) is 12.5. The molecule has 1 atom stereocenters. The average Bonchev–Trinajstić information content (AvgIpc) is 2.65. The minimum absolute atomic E-state index is 0.224. The number of aliphatic hydroxyl groups excluding tert-OH is 2. The number of rotatable bonds is 6. The number of aryl methyl sites for hydroxylation is 1. The summed E-state index contributed by atoms with van der Waals surface area (Å²) in [7, 11) is 0. The van der Waals surface area contributed by atoms with Crippen molar-refractivity contribution in [2.45, 2.75) is 13.0 Å². The SMILES string of the molecule is Cc1ccc2nc(-c3ccc(NCC(O)CO)cc3)cc(C(=O)O)c2c1. The highest BCUT2D eigenvalue weighted by Gasteiger charge is 2.13. The Morgan fingerprint density at radius 2 is 1.88 bits per heavy atom. The number of nitrogens with zero attached hydrogens (tertiary/aromatic N) is 1. The molecule has 6 nitrogen and oxygen atoms in total. The number of hydrogen-bond acceptors (Lipinski definition) is 5. The first-order valence-electron chi connectivity index (χ1n) is 8.26. The van der Waals surface area contributed by atoms with Crippen molar-refractivity contribution in [1.82, 2.24) is 4.98 Å². The number of carboxylic acid groups (broad SMARTS) is 1. The maximum Gasteiger partial charge on any atom is 0.336 e. The number of benzene rings is 2. The first kappa shape index (κ1) is 17.8. The predicted octanol–water partition coefficient (Wildman–Crippen LogP) is 2.67. The Morgan fingerprint density at radius 1 is 1.15 bits per heavy atom. The Bertz CT molecular complexity index is 938. The van der Waals surface area contributed by atoms with Crippen molar-refractivity contribution in [3.8, 4) is 11.3 Å². The molecule has 134 valence electrons. The Hall–Kier alpha value is -2.96. The molecule has 3 aromatic rings. The van der Waals surface area contributed by atoms with Gasteiger partial charge in [-0.2, -0.15) is 0 Å². The van der Waals surface area contributed by atoms with Crippen LogP contribution in [0.2, 0.25) is 0 Å². The summed E-state index contributed by atoms with van der Waals surface area (Å²) in [6, 6.07) is 14.5. The number of aromatic nitrogens is 1. The zero-order valence-electron chi connectivity index (χ0n) is 14.3. The largest absolute Gasteiger partial charge is 0.478 e. The molecule has 0 saturated carbocycles. The molecule has 2 aromatic carbocycles. The van der Waals surface area contributed by atoms with Gasteiger partial charge in [-0.25, -0.2) is 9.78 Å². The summed E-state index contributed by atoms with van der Waals surface area (Å²) in [5, 5.41) is 31.4. The summed E-state index contributed by atoms with van der Waals surface area (Å²) < 4.78 is 0. The molecule has 6 heteroatoms. The minimum Gasteiger partial charge on any atom is -0.478 e. The Kier molecular flexibility index (Phi) is 5.16. The van der Waals surface area contributed by atoms with Gasteiger partial charge in [-0.05, 0) is 37.3 Å². The van der Waals surface area contributed by atoms with Gasteiger partial charge in [0.05, 0.1) is 29.5 Å². The number of anilines is 1. The number of nitrogens with one attached hydrogen (secondary N) is 1. The van der Waals surface area contributed by atoms with Gasteiger partial charge in [0.2, 0.25) is 0 Å². The van der Waals surface area contributed by atoms with Crippen molar-refractivity contribution in [2.75, 3.05) is 18.5 Å². The summed E-state index contributed by atoms with van der Waals surface area (Å²) in [6.07, 6.45) is -0.821. The molecule has 0 bridgehead atoms. The fourth-order valence-electron chi connectivity index (χ4n) is 2.72. The van der Waals surface area contributed by atoms with Crippen LogP contribution in [0.25, 0.3) is 22.2 Å². The van der Waals surface area contributed by atoms with Gasteiger partial charge < -0.3 is 20.6 Å². The third-order valence-corrected chi connectivity index (χ3v) is 4.13. The summed E-state index contributed by atoms with van der Waals surface area (Å²) in [6.45, 7) is 1.86. The van der Waals surface area contributed by atoms with Gasteiger partial charge in [-0.15, -0.1) is 0 Å². The Balaban J connectivity index is 1.95. The van der Waals surface area contributed by atoms with Crippen LogP contribution in [0.5, 0.6) is 0 Å². The van der Waals surface area contributed by atoms with E-state index in [1.54, 1.807) is 6.07 Å². The van der Waals surface area contributed by atoms with Crippen LogP contribution in [0.4, 0.5) is 5.69 Å². The van der Waals surface area contributed by atoms with Crippen LogP contribution >= 0.6 is 0 Å². The van der Waals surface area contributed by atoms with Crippen LogP contribution in [0.1, 0.15) is 15.9 Å². The Labute approximate surface area is 150 Å². The van der Waals surface area contributed by atoms with E-state index in [1.807, 2.05) is 49.4 Å². The molecule has 0 aliphatic carbocycles. The lowest BCUT2D eigenvalue weighted by Crippen LogP contribution is -2.22. The molecule has 0 saturated heterocycles. The molecular weight excluding hydrogens is 332 g/mol. The van der Waals surface area contributed by atoms with E-state index in [0.717, 1.165) is 16.8 Å². The highest BCUT2D eigenvalue weighted by molar-refractivity contribution is 6.04. The van der Waals surface area contributed by atoms with Gasteiger partial charge in [0.15, 0.2) is 0 Å². The summed E-state index contributed by atoms with van der Waals surface area (Å²) >= 11 is 0. The highest BCUT2D eigenvalue weighted by atomic mass is 16.4. The van der Waals surface area contributed by atoms with Gasteiger partial charge in [-0.1, -0.05) is 23.8 Å². The van der Waals surface area contributed by atoms with Crippen molar-refractivity contribution in [3.63, 3.8) is 0 Å². The third kappa shape index (κ3) is 3.82. The van der Waals surface area contributed by atoms with Crippen LogP contribution in [-0.4, -0.2) is 45.5 Å². The number of fused-ring (bicyclic) bond motifs is 1. The molecule has 1 unspecified atom stereocenters. The van der Waals surface area contributed by atoms with Crippen molar-refractivity contribution in [3.05, 3.63) is 59.7 Å². The molecule has 0 amide bonds. The van der Waals surface area contributed by atoms with Crippen LogP contribution in [-0.2, 0) is 0 Å². The smallest absolute Gasteiger partial charge is 0.336 e. The normalized spacial score (nSPS) is 12.1. The van der Waals surface area contributed by atoms with Crippen molar-refractivity contribution >= 4 is 22.6 Å². The van der Waals surface area contributed by atoms with Crippen molar-refractivity contribution in [1.29, 1.82) is 0 Å². The van der Waals surface area contributed by atoms with Crippen molar-refractivity contribution in [2.24, 2.45) is 0 Å². The zero-order valence-corrected chi connectivity index (χ0v) is 14.3. The summed E-state index contributed by atoms with van der Waals surface area (Å²) in [5.41, 5.74) is 4.01. The second kappa shape index (κ2) is 7.51. The number of carboxylic acids is 1. The van der Waals surface area contributed by atoms with Gasteiger partial charge in [-0.3, -0.25) is 0 Å². The minimum atomic E-state index is -0.986. The zero-order chi connectivity index (χ0) is 18.7. The van der Waals surface area contributed by atoms with Crippen LogP contribution < -0.4 is 5.32 Å².